The Labute approximate surface area is 108 Å². The number of oxime groups is 1. The fourth-order valence-corrected chi connectivity index (χ4v) is 2.24. The van der Waals surface area contributed by atoms with Gasteiger partial charge >= 0.3 is 0 Å². The van der Waals surface area contributed by atoms with E-state index in [1.54, 1.807) is 23.0 Å². The van der Waals surface area contributed by atoms with Gasteiger partial charge in [-0.05, 0) is 30.8 Å². The van der Waals surface area contributed by atoms with Crippen molar-refractivity contribution < 1.29 is 5.21 Å². The van der Waals surface area contributed by atoms with Crippen molar-refractivity contribution in [2.75, 3.05) is 0 Å². The molecule has 2 heterocycles. The molecule has 8 heteroatoms. The van der Waals surface area contributed by atoms with E-state index in [1.807, 2.05) is 14.0 Å². The van der Waals surface area contributed by atoms with Gasteiger partial charge in [0.25, 0.3) is 0 Å². The minimum atomic E-state index is 0.0205. The number of pyridine rings is 1. The predicted octanol–water partition coefficient (Wildman–Crippen LogP) is 0.764. The van der Waals surface area contributed by atoms with E-state index in [2.05, 4.69) is 20.3 Å². The molecule has 94 valence electrons. The third-order valence-electron chi connectivity index (χ3n) is 2.24. The molecule has 0 saturated carbocycles. The monoisotopic (exact) mass is 264 g/mol. The van der Waals surface area contributed by atoms with Crippen LogP contribution in [0.15, 0.2) is 33.8 Å². The Bertz CT molecular complexity index is 594. The maximum Gasteiger partial charge on any atom is 0.197 e. The quantitative estimate of drug-likeness (QED) is 0.367. The zero-order valence-electron chi connectivity index (χ0n) is 9.90. The number of nitrogens with two attached hydrogens (primary N) is 1. The van der Waals surface area contributed by atoms with Crippen molar-refractivity contribution >= 4 is 17.6 Å². The molecule has 2 rings (SSSR count). The molecule has 0 aliphatic rings. The van der Waals surface area contributed by atoms with Crippen LogP contribution in [-0.4, -0.2) is 30.8 Å². The van der Waals surface area contributed by atoms with Crippen molar-refractivity contribution in [1.29, 1.82) is 0 Å². The van der Waals surface area contributed by atoms with Crippen LogP contribution in [-0.2, 0) is 7.05 Å². The molecule has 18 heavy (non-hydrogen) atoms. The minimum Gasteiger partial charge on any atom is -0.409 e. The maximum atomic E-state index is 8.76. The molecule has 2 aromatic heterocycles. The summed E-state index contributed by atoms with van der Waals surface area (Å²) >= 11 is 1.31. The SMILES string of the molecule is Cc1ccc(C(N)=NO)c(Sc2nncn2C)n1. The maximum absolute atomic E-state index is 8.76. The van der Waals surface area contributed by atoms with Crippen molar-refractivity contribution in [1.82, 2.24) is 19.7 Å². The number of rotatable bonds is 3. The van der Waals surface area contributed by atoms with Crippen LogP contribution in [0.5, 0.6) is 0 Å². The van der Waals surface area contributed by atoms with Crippen LogP contribution in [0.3, 0.4) is 0 Å². The van der Waals surface area contributed by atoms with Crippen LogP contribution in [0, 0.1) is 6.92 Å². The standard InChI is InChI=1S/C10H12N6OS/c1-6-3-4-7(8(11)15-17)9(13-6)18-10-14-12-5-16(10)2/h3-5,17H,1-2H3,(H2,11,15). The third-order valence-corrected chi connectivity index (χ3v) is 3.30. The summed E-state index contributed by atoms with van der Waals surface area (Å²) in [5.74, 6) is 0.0205. The van der Waals surface area contributed by atoms with Crippen LogP contribution >= 0.6 is 11.8 Å². The summed E-state index contributed by atoms with van der Waals surface area (Å²) < 4.78 is 1.77. The topological polar surface area (TPSA) is 102 Å². The lowest BCUT2D eigenvalue weighted by atomic mass is 10.2. The van der Waals surface area contributed by atoms with E-state index >= 15 is 0 Å². The Hall–Kier alpha value is -2.09. The molecule has 0 saturated heterocycles. The summed E-state index contributed by atoms with van der Waals surface area (Å²) in [6.45, 7) is 1.87. The van der Waals surface area contributed by atoms with Crippen LogP contribution < -0.4 is 5.73 Å². The second kappa shape index (κ2) is 5.05. The number of hydrogen-bond donors (Lipinski definition) is 2. The third kappa shape index (κ3) is 2.43. The average molecular weight is 264 g/mol. The van der Waals surface area contributed by atoms with Crippen molar-refractivity contribution in [3.63, 3.8) is 0 Å². The van der Waals surface area contributed by atoms with E-state index in [0.717, 1.165) is 5.69 Å². The number of hydrogen-bond acceptors (Lipinski definition) is 6. The second-order valence-corrected chi connectivity index (χ2v) is 4.57. The summed E-state index contributed by atoms with van der Waals surface area (Å²) in [7, 11) is 1.83. The van der Waals surface area contributed by atoms with Crippen molar-refractivity contribution in [3.05, 3.63) is 29.7 Å². The van der Waals surface area contributed by atoms with Crippen LogP contribution in [0.1, 0.15) is 11.3 Å². The Morgan fingerprint density at radius 1 is 1.50 bits per heavy atom. The zero-order chi connectivity index (χ0) is 13.1. The molecule has 0 radical (unpaired) electrons. The normalized spacial score (nSPS) is 11.8. The lowest BCUT2D eigenvalue weighted by Crippen LogP contribution is -2.15. The van der Waals surface area contributed by atoms with Crippen molar-refractivity contribution in [3.8, 4) is 0 Å². The minimum absolute atomic E-state index is 0.0205. The van der Waals surface area contributed by atoms with Gasteiger partial charge in [-0.3, -0.25) is 0 Å². The highest BCUT2D eigenvalue weighted by Gasteiger charge is 2.13. The Morgan fingerprint density at radius 3 is 2.89 bits per heavy atom. The molecule has 0 fully saturated rings. The Kier molecular flexibility index (Phi) is 3.47. The summed E-state index contributed by atoms with van der Waals surface area (Å²) in [5.41, 5.74) is 7.02. The molecule has 3 N–H and O–H groups in total. The summed E-state index contributed by atoms with van der Waals surface area (Å²) in [6.07, 6.45) is 1.60. The van der Waals surface area contributed by atoms with Gasteiger partial charge in [-0.25, -0.2) is 4.98 Å². The molecule has 0 spiro atoms. The van der Waals surface area contributed by atoms with Crippen molar-refractivity contribution in [2.24, 2.45) is 17.9 Å². The van der Waals surface area contributed by atoms with Gasteiger partial charge in [0.1, 0.15) is 11.4 Å². The summed E-state index contributed by atoms with van der Waals surface area (Å²) in [4.78, 5) is 4.37. The van der Waals surface area contributed by atoms with E-state index in [9.17, 15) is 0 Å². The molecule has 2 aromatic rings. The van der Waals surface area contributed by atoms with E-state index < -0.39 is 0 Å². The number of nitrogens with zero attached hydrogens (tertiary/aromatic N) is 5. The van der Waals surface area contributed by atoms with Gasteiger partial charge in [0.15, 0.2) is 11.0 Å². The molecule has 0 atom stereocenters. The van der Waals surface area contributed by atoms with Gasteiger partial charge in [-0.2, -0.15) is 0 Å². The largest absolute Gasteiger partial charge is 0.409 e. The highest BCUT2D eigenvalue weighted by atomic mass is 32.2. The molecular formula is C10H12N6OS. The first-order valence-electron chi connectivity index (χ1n) is 5.09. The molecule has 0 bridgehead atoms. The first-order chi connectivity index (χ1) is 8.61. The molecular weight excluding hydrogens is 252 g/mol. The molecule has 0 aromatic carbocycles. The predicted molar refractivity (Wildman–Crippen MR) is 66.6 cm³/mol. The van der Waals surface area contributed by atoms with Gasteiger partial charge < -0.3 is 15.5 Å². The zero-order valence-corrected chi connectivity index (χ0v) is 10.7. The van der Waals surface area contributed by atoms with E-state index in [-0.39, 0.29) is 5.84 Å². The van der Waals surface area contributed by atoms with Gasteiger partial charge in [0.05, 0.1) is 5.56 Å². The second-order valence-electron chi connectivity index (χ2n) is 3.62. The lowest BCUT2D eigenvalue weighted by molar-refractivity contribution is 0.318. The molecule has 0 aliphatic heterocycles. The van der Waals surface area contributed by atoms with Crippen LogP contribution in [0.25, 0.3) is 0 Å². The fraction of sp³-hybridized carbons (Fsp3) is 0.200. The summed E-state index contributed by atoms with van der Waals surface area (Å²) in [5, 5.41) is 20.8. The lowest BCUT2D eigenvalue weighted by Gasteiger charge is -2.07. The van der Waals surface area contributed by atoms with E-state index in [0.29, 0.717) is 15.7 Å². The molecule has 7 nitrogen and oxygen atoms in total. The number of amidine groups is 1. The Balaban J connectivity index is 2.43. The molecule has 0 aliphatic carbocycles. The molecule has 0 amide bonds. The van der Waals surface area contributed by atoms with Crippen molar-refractivity contribution in [2.45, 2.75) is 17.1 Å². The number of aromatic nitrogens is 4. The van der Waals surface area contributed by atoms with E-state index in [1.165, 1.54) is 11.8 Å². The van der Waals surface area contributed by atoms with Gasteiger partial charge in [0.2, 0.25) is 0 Å². The fourth-order valence-electron chi connectivity index (χ4n) is 1.31. The first kappa shape index (κ1) is 12.4. The number of aryl methyl sites for hydroxylation is 2. The van der Waals surface area contributed by atoms with Gasteiger partial charge in [-0.1, -0.05) is 5.16 Å². The van der Waals surface area contributed by atoms with Crippen LogP contribution in [0.4, 0.5) is 0 Å². The smallest absolute Gasteiger partial charge is 0.197 e. The summed E-state index contributed by atoms with van der Waals surface area (Å²) in [6, 6.07) is 3.56. The highest BCUT2D eigenvalue weighted by molar-refractivity contribution is 7.99. The highest BCUT2D eigenvalue weighted by Crippen LogP contribution is 2.26. The van der Waals surface area contributed by atoms with Gasteiger partial charge in [0, 0.05) is 12.7 Å². The Morgan fingerprint density at radius 2 is 2.28 bits per heavy atom. The average Bonchev–Trinajstić information content (AvgIpc) is 2.74. The van der Waals surface area contributed by atoms with Gasteiger partial charge in [-0.15, -0.1) is 10.2 Å². The van der Waals surface area contributed by atoms with Crippen LogP contribution in [0.2, 0.25) is 0 Å². The first-order valence-corrected chi connectivity index (χ1v) is 5.91. The van der Waals surface area contributed by atoms with E-state index in [4.69, 9.17) is 10.9 Å². The molecule has 0 unspecified atom stereocenters.